The van der Waals surface area contributed by atoms with Crippen LogP contribution in [0.2, 0.25) is 5.02 Å². The van der Waals surface area contributed by atoms with E-state index in [4.69, 9.17) is 16.0 Å². The number of fused-ring (bicyclic) bond motifs is 1. The smallest absolute Gasteiger partial charge is 0.282 e. The molecule has 0 radical (unpaired) electrons. The number of hydrogen-bond donors (Lipinski definition) is 0. The summed E-state index contributed by atoms with van der Waals surface area (Å²) >= 11 is 5.85. The van der Waals surface area contributed by atoms with Gasteiger partial charge in [0.1, 0.15) is 12.1 Å². The highest BCUT2D eigenvalue weighted by Crippen LogP contribution is 2.32. The Morgan fingerprint density at radius 3 is 2.56 bits per heavy atom. The highest BCUT2D eigenvalue weighted by Gasteiger charge is 2.41. The third-order valence-electron chi connectivity index (χ3n) is 4.15. The van der Waals surface area contributed by atoms with Crippen molar-refractivity contribution >= 4 is 29.1 Å². The summed E-state index contributed by atoms with van der Waals surface area (Å²) in [6.07, 6.45) is 1.47. The second kappa shape index (κ2) is 6.33. The van der Waals surface area contributed by atoms with Crippen LogP contribution in [-0.2, 0) is 6.54 Å². The van der Waals surface area contributed by atoms with E-state index < -0.39 is 22.4 Å². The summed E-state index contributed by atoms with van der Waals surface area (Å²) in [6.45, 7) is -0.225. The second-order valence-corrected chi connectivity index (χ2v) is 6.21. The minimum Gasteiger partial charge on any atom is -0.439 e. The number of nitrogens with zero attached hydrogens (tertiary/aromatic N) is 3. The number of carbonyl (C=O) groups excluding carboxylic acids is 2. The van der Waals surface area contributed by atoms with Crippen LogP contribution in [0.4, 0.5) is 5.69 Å². The van der Waals surface area contributed by atoms with E-state index in [1.807, 2.05) is 0 Å². The van der Waals surface area contributed by atoms with Crippen molar-refractivity contribution in [3.63, 3.8) is 0 Å². The number of nitro benzene ring substituents is 1. The molecule has 0 aliphatic carbocycles. The Morgan fingerprint density at radius 1 is 1.11 bits per heavy atom. The van der Waals surface area contributed by atoms with Crippen molar-refractivity contribution in [2.24, 2.45) is 0 Å². The molecule has 0 atom stereocenters. The molecule has 27 heavy (non-hydrogen) atoms. The third-order valence-corrected chi connectivity index (χ3v) is 4.40. The maximum atomic E-state index is 12.6. The van der Waals surface area contributed by atoms with E-state index >= 15 is 0 Å². The van der Waals surface area contributed by atoms with Crippen LogP contribution < -0.4 is 0 Å². The summed E-state index contributed by atoms with van der Waals surface area (Å²) in [5, 5.41) is 11.7. The SMILES string of the molecule is O=C1c2cccc([N+](=O)[O-])c2C(=O)N1Cc1ncc(-c2ccc(Cl)cc2)o1. The van der Waals surface area contributed by atoms with Gasteiger partial charge < -0.3 is 4.42 Å². The molecule has 3 aromatic rings. The number of aromatic nitrogens is 1. The Labute approximate surface area is 157 Å². The van der Waals surface area contributed by atoms with Crippen molar-refractivity contribution < 1.29 is 18.9 Å². The highest BCUT2D eigenvalue weighted by molar-refractivity contribution is 6.30. The van der Waals surface area contributed by atoms with Crippen LogP contribution in [0.25, 0.3) is 11.3 Å². The van der Waals surface area contributed by atoms with Gasteiger partial charge in [0, 0.05) is 16.7 Å². The minimum absolute atomic E-state index is 0.00122. The zero-order valence-corrected chi connectivity index (χ0v) is 14.3. The molecule has 0 N–H and O–H groups in total. The summed E-state index contributed by atoms with van der Waals surface area (Å²) in [5.74, 6) is -0.778. The molecule has 2 amide bonds. The molecule has 2 heterocycles. The lowest BCUT2D eigenvalue weighted by molar-refractivity contribution is -0.385. The zero-order valence-electron chi connectivity index (χ0n) is 13.6. The molecular formula is C18H10ClN3O5. The molecule has 0 fully saturated rings. The number of imide groups is 1. The fourth-order valence-corrected chi connectivity index (χ4v) is 3.00. The molecule has 8 nitrogen and oxygen atoms in total. The van der Waals surface area contributed by atoms with E-state index in [2.05, 4.69) is 4.98 Å². The molecule has 1 aromatic heterocycles. The molecule has 0 unspecified atom stereocenters. The Morgan fingerprint density at radius 2 is 1.85 bits per heavy atom. The van der Waals surface area contributed by atoms with Crippen LogP contribution in [0.1, 0.15) is 26.6 Å². The van der Waals surface area contributed by atoms with Gasteiger partial charge in [-0.2, -0.15) is 0 Å². The Bertz CT molecular complexity index is 1090. The number of amides is 2. The van der Waals surface area contributed by atoms with E-state index in [0.29, 0.717) is 10.8 Å². The summed E-state index contributed by atoms with van der Waals surface area (Å²) in [6, 6.07) is 10.8. The van der Waals surface area contributed by atoms with Crippen LogP contribution in [0.5, 0.6) is 0 Å². The lowest BCUT2D eigenvalue weighted by Gasteiger charge is -2.10. The molecule has 1 aliphatic heterocycles. The average Bonchev–Trinajstić information content (AvgIpc) is 3.22. The number of rotatable bonds is 4. The molecule has 4 rings (SSSR count). The van der Waals surface area contributed by atoms with E-state index in [1.54, 1.807) is 24.3 Å². The fourth-order valence-electron chi connectivity index (χ4n) is 2.88. The first-order chi connectivity index (χ1) is 13.0. The number of hydrogen-bond acceptors (Lipinski definition) is 6. The minimum atomic E-state index is -0.742. The predicted octanol–water partition coefficient (Wildman–Crippen LogP) is 3.70. The van der Waals surface area contributed by atoms with Crippen LogP contribution >= 0.6 is 11.6 Å². The Kier molecular flexibility index (Phi) is 3.97. The second-order valence-electron chi connectivity index (χ2n) is 5.78. The standard InChI is InChI=1S/C18H10ClN3O5/c19-11-6-4-10(5-7-11)14-8-20-15(27-14)9-21-17(23)12-2-1-3-13(22(25)26)16(12)18(21)24/h1-8H,9H2. The van der Waals surface area contributed by atoms with E-state index in [1.165, 1.54) is 24.4 Å². The summed E-state index contributed by atoms with van der Waals surface area (Å²) in [5.41, 5.74) is 0.120. The average molecular weight is 384 g/mol. The van der Waals surface area contributed by atoms with Gasteiger partial charge in [-0.05, 0) is 30.3 Å². The molecule has 0 bridgehead atoms. The summed E-state index contributed by atoms with van der Waals surface area (Å²) in [4.78, 5) is 40.5. The van der Waals surface area contributed by atoms with Crippen molar-refractivity contribution in [3.8, 4) is 11.3 Å². The number of nitro groups is 1. The first-order valence-corrected chi connectivity index (χ1v) is 8.18. The molecule has 2 aromatic carbocycles. The van der Waals surface area contributed by atoms with Gasteiger partial charge in [-0.15, -0.1) is 0 Å². The predicted molar refractivity (Wildman–Crippen MR) is 94.2 cm³/mol. The van der Waals surface area contributed by atoms with E-state index in [-0.39, 0.29) is 23.6 Å². The highest BCUT2D eigenvalue weighted by atomic mass is 35.5. The number of benzene rings is 2. The molecule has 0 saturated heterocycles. The topological polar surface area (TPSA) is 107 Å². The molecule has 1 aliphatic rings. The first kappa shape index (κ1) is 16.9. The number of oxazole rings is 1. The van der Waals surface area contributed by atoms with Crippen molar-refractivity contribution in [2.75, 3.05) is 0 Å². The van der Waals surface area contributed by atoms with Gasteiger partial charge in [0.15, 0.2) is 5.76 Å². The lowest BCUT2D eigenvalue weighted by Crippen LogP contribution is -2.29. The number of halogens is 1. The Hall–Kier alpha value is -3.52. The third kappa shape index (κ3) is 2.85. The van der Waals surface area contributed by atoms with Crippen molar-refractivity contribution in [1.82, 2.24) is 9.88 Å². The largest absolute Gasteiger partial charge is 0.439 e. The van der Waals surface area contributed by atoms with Gasteiger partial charge in [-0.1, -0.05) is 17.7 Å². The first-order valence-electron chi connectivity index (χ1n) is 7.80. The molecule has 134 valence electrons. The van der Waals surface area contributed by atoms with Crippen molar-refractivity contribution in [3.05, 3.63) is 80.8 Å². The monoisotopic (exact) mass is 383 g/mol. The Balaban J connectivity index is 1.62. The maximum absolute atomic E-state index is 12.6. The molecule has 0 saturated carbocycles. The summed E-state index contributed by atoms with van der Waals surface area (Å²) < 4.78 is 5.61. The quantitative estimate of drug-likeness (QED) is 0.386. The van der Waals surface area contributed by atoms with Gasteiger partial charge >= 0.3 is 0 Å². The lowest BCUT2D eigenvalue weighted by atomic mass is 10.1. The van der Waals surface area contributed by atoms with E-state index in [0.717, 1.165) is 10.5 Å². The molecular weight excluding hydrogens is 374 g/mol. The van der Waals surface area contributed by atoms with Gasteiger partial charge in [-0.3, -0.25) is 24.6 Å². The van der Waals surface area contributed by atoms with Gasteiger partial charge in [0.2, 0.25) is 5.89 Å². The van der Waals surface area contributed by atoms with Gasteiger partial charge in [-0.25, -0.2) is 4.98 Å². The van der Waals surface area contributed by atoms with Crippen LogP contribution in [-0.4, -0.2) is 26.6 Å². The molecule has 0 spiro atoms. The normalized spacial score (nSPS) is 13.1. The van der Waals surface area contributed by atoms with Crippen LogP contribution in [0, 0.1) is 10.1 Å². The van der Waals surface area contributed by atoms with Crippen LogP contribution in [0.15, 0.2) is 53.1 Å². The van der Waals surface area contributed by atoms with E-state index in [9.17, 15) is 19.7 Å². The van der Waals surface area contributed by atoms with Crippen molar-refractivity contribution in [1.29, 1.82) is 0 Å². The van der Waals surface area contributed by atoms with Crippen molar-refractivity contribution in [2.45, 2.75) is 6.54 Å². The zero-order chi connectivity index (χ0) is 19.1. The summed E-state index contributed by atoms with van der Waals surface area (Å²) in [7, 11) is 0. The van der Waals surface area contributed by atoms with Crippen LogP contribution in [0.3, 0.4) is 0 Å². The fraction of sp³-hybridized carbons (Fsp3) is 0.0556. The molecule has 9 heteroatoms. The van der Waals surface area contributed by atoms with Gasteiger partial charge in [0.25, 0.3) is 17.5 Å². The number of carbonyl (C=O) groups is 2. The van der Waals surface area contributed by atoms with Gasteiger partial charge in [0.05, 0.1) is 16.7 Å². The maximum Gasteiger partial charge on any atom is 0.282 e.